The first-order chi connectivity index (χ1) is 13.4. The minimum absolute atomic E-state index is 0.0225. The highest BCUT2D eigenvalue weighted by Gasteiger charge is 2.30. The molecule has 28 heavy (non-hydrogen) atoms. The van der Waals surface area contributed by atoms with Crippen molar-refractivity contribution in [3.05, 3.63) is 53.1 Å². The van der Waals surface area contributed by atoms with Crippen LogP contribution < -0.4 is 10.2 Å². The van der Waals surface area contributed by atoms with Gasteiger partial charge in [0.05, 0.1) is 4.90 Å². The van der Waals surface area contributed by atoms with E-state index >= 15 is 0 Å². The Hall–Kier alpha value is -2.38. The molecule has 0 unspecified atom stereocenters. The molecular formula is C21H25N3O3S. The van der Waals surface area contributed by atoms with Crippen LogP contribution in [0.3, 0.4) is 0 Å². The van der Waals surface area contributed by atoms with E-state index in [1.807, 2.05) is 6.07 Å². The number of carbonyl (C=O) groups is 1. The van der Waals surface area contributed by atoms with Gasteiger partial charge < -0.3 is 10.2 Å². The van der Waals surface area contributed by atoms with E-state index in [0.717, 1.165) is 11.3 Å². The zero-order valence-corrected chi connectivity index (χ0v) is 17.1. The molecule has 6 nitrogen and oxygen atoms in total. The Labute approximate surface area is 166 Å². The van der Waals surface area contributed by atoms with Crippen molar-refractivity contribution in [3.63, 3.8) is 0 Å². The average Bonchev–Trinajstić information content (AvgIpc) is 2.69. The molecule has 0 aliphatic carbocycles. The quantitative estimate of drug-likeness (QED) is 0.862. The maximum atomic E-state index is 13.1. The van der Waals surface area contributed by atoms with Crippen molar-refractivity contribution in [1.29, 1.82) is 0 Å². The highest BCUT2D eigenvalue weighted by Crippen LogP contribution is 2.29. The summed E-state index contributed by atoms with van der Waals surface area (Å²) in [5, 5.41) is 2.80. The Morgan fingerprint density at radius 1 is 0.964 bits per heavy atom. The van der Waals surface area contributed by atoms with Gasteiger partial charge in [0.15, 0.2) is 0 Å². The summed E-state index contributed by atoms with van der Waals surface area (Å²) < 4.78 is 27.8. The second-order valence-corrected chi connectivity index (χ2v) is 9.42. The van der Waals surface area contributed by atoms with E-state index < -0.39 is 10.0 Å². The Balaban J connectivity index is 1.51. The van der Waals surface area contributed by atoms with Gasteiger partial charge in [0, 0.05) is 44.0 Å². The topological polar surface area (TPSA) is 69.7 Å². The molecule has 0 atom stereocenters. The monoisotopic (exact) mass is 399 g/mol. The van der Waals surface area contributed by atoms with Crippen molar-refractivity contribution in [2.75, 3.05) is 36.4 Å². The SMILES string of the molecule is Cc1cccc(N2CCN(S(=O)(=O)c3ccc4c(c3)CCC(=O)N4)CC2)c1C. The van der Waals surface area contributed by atoms with Crippen LogP contribution in [0.2, 0.25) is 0 Å². The third kappa shape index (κ3) is 3.40. The number of rotatable bonds is 3. The number of amides is 1. The van der Waals surface area contributed by atoms with E-state index in [4.69, 9.17) is 0 Å². The summed E-state index contributed by atoms with van der Waals surface area (Å²) in [6.07, 6.45) is 0.968. The summed E-state index contributed by atoms with van der Waals surface area (Å²) in [7, 11) is -3.54. The molecule has 0 spiro atoms. The number of nitrogens with one attached hydrogen (secondary N) is 1. The van der Waals surface area contributed by atoms with Gasteiger partial charge in [-0.1, -0.05) is 12.1 Å². The Kier molecular flexibility index (Phi) is 4.89. The molecule has 4 rings (SSSR count). The van der Waals surface area contributed by atoms with Gasteiger partial charge in [-0.3, -0.25) is 4.79 Å². The molecule has 2 aromatic rings. The molecule has 1 N–H and O–H groups in total. The summed E-state index contributed by atoms with van der Waals surface area (Å²) >= 11 is 0. The summed E-state index contributed by atoms with van der Waals surface area (Å²) in [4.78, 5) is 14.1. The number of hydrogen-bond acceptors (Lipinski definition) is 4. The standard InChI is InChI=1S/C21H25N3O3S/c1-15-4-3-5-20(16(15)2)23-10-12-24(13-11-23)28(26,27)18-7-8-19-17(14-18)6-9-21(25)22-19/h3-5,7-8,14H,6,9-13H2,1-2H3,(H,22,25). The van der Waals surface area contributed by atoms with E-state index in [1.54, 1.807) is 22.5 Å². The van der Waals surface area contributed by atoms with Crippen molar-refractivity contribution in [2.45, 2.75) is 31.6 Å². The molecule has 7 heteroatoms. The Morgan fingerprint density at radius 3 is 2.46 bits per heavy atom. The van der Waals surface area contributed by atoms with Gasteiger partial charge in [-0.05, 0) is 61.2 Å². The molecule has 0 radical (unpaired) electrons. The van der Waals surface area contributed by atoms with Crippen LogP contribution in [0.15, 0.2) is 41.3 Å². The summed E-state index contributed by atoms with van der Waals surface area (Å²) in [6.45, 7) is 6.47. The van der Waals surface area contributed by atoms with E-state index in [0.29, 0.717) is 43.9 Å². The number of piperazine rings is 1. The van der Waals surface area contributed by atoms with Gasteiger partial charge in [0.2, 0.25) is 15.9 Å². The molecule has 1 fully saturated rings. The second kappa shape index (κ2) is 7.22. The lowest BCUT2D eigenvalue weighted by Gasteiger charge is -2.36. The highest BCUT2D eigenvalue weighted by atomic mass is 32.2. The third-order valence-electron chi connectivity index (χ3n) is 5.77. The Bertz CT molecular complexity index is 1030. The fourth-order valence-electron chi connectivity index (χ4n) is 3.92. The molecule has 0 saturated carbocycles. The van der Waals surface area contributed by atoms with Gasteiger partial charge in [0.25, 0.3) is 0 Å². The summed E-state index contributed by atoms with van der Waals surface area (Å²) in [5.74, 6) is -0.0225. The number of anilines is 2. The van der Waals surface area contributed by atoms with Crippen LogP contribution in [-0.4, -0.2) is 44.8 Å². The molecule has 0 bridgehead atoms. The van der Waals surface area contributed by atoms with Crippen LogP contribution in [0.1, 0.15) is 23.1 Å². The number of hydrogen-bond donors (Lipinski definition) is 1. The molecule has 148 valence electrons. The molecule has 2 aliphatic rings. The van der Waals surface area contributed by atoms with Gasteiger partial charge in [-0.2, -0.15) is 4.31 Å². The fourth-order valence-corrected chi connectivity index (χ4v) is 5.39. The molecule has 2 heterocycles. The molecule has 0 aromatic heterocycles. The zero-order chi connectivity index (χ0) is 19.9. The van der Waals surface area contributed by atoms with Crippen LogP contribution >= 0.6 is 0 Å². The van der Waals surface area contributed by atoms with Crippen molar-refractivity contribution in [2.24, 2.45) is 0 Å². The van der Waals surface area contributed by atoms with Crippen molar-refractivity contribution in [3.8, 4) is 0 Å². The second-order valence-electron chi connectivity index (χ2n) is 7.48. The van der Waals surface area contributed by atoms with E-state index in [9.17, 15) is 13.2 Å². The van der Waals surface area contributed by atoms with Crippen molar-refractivity contribution < 1.29 is 13.2 Å². The number of fused-ring (bicyclic) bond motifs is 1. The van der Waals surface area contributed by atoms with Crippen molar-refractivity contribution >= 4 is 27.3 Å². The smallest absolute Gasteiger partial charge is 0.243 e. The maximum Gasteiger partial charge on any atom is 0.243 e. The Morgan fingerprint density at radius 2 is 1.71 bits per heavy atom. The normalized spacial score (nSPS) is 17.9. The maximum absolute atomic E-state index is 13.1. The minimum atomic E-state index is -3.54. The van der Waals surface area contributed by atoms with Crippen LogP contribution in [0.4, 0.5) is 11.4 Å². The average molecular weight is 400 g/mol. The van der Waals surface area contributed by atoms with Crippen LogP contribution in [-0.2, 0) is 21.2 Å². The summed E-state index contributed by atoms with van der Waals surface area (Å²) in [6, 6.07) is 11.2. The number of sulfonamides is 1. The highest BCUT2D eigenvalue weighted by molar-refractivity contribution is 7.89. The minimum Gasteiger partial charge on any atom is -0.369 e. The predicted molar refractivity (Wildman–Crippen MR) is 110 cm³/mol. The number of benzene rings is 2. The molecule has 1 saturated heterocycles. The largest absolute Gasteiger partial charge is 0.369 e. The lowest BCUT2D eigenvalue weighted by molar-refractivity contribution is -0.116. The van der Waals surface area contributed by atoms with Gasteiger partial charge >= 0.3 is 0 Å². The molecule has 2 aromatic carbocycles. The van der Waals surface area contributed by atoms with E-state index in [1.165, 1.54) is 16.8 Å². The molecule has 1 amide bonds. The lowest BCUT2D eigenvalue weighted by Crippen LogP contribution is -2.48. The van der Waals surface area contributed by atoms with Crippen LogP contribution in [0.25, 0.3) is 0 Å². The van der Waals surface area contributed by atoms with E-state index in [-0.39, 0.29) is 5.91 Å². The molecular weight excluding hydrogens is 374 g/mol. The summed E-state index contributed by atoms with van der Waals surface area (Å²) in [5.41, 5.74) is 5.27. The van der Waals surface area contributed by atoms with Crippen LogP contribution in [0.5, 0.6) is 0 Å². The van der Waals surface area contributed by atoms with Crippen molar-refractivity contribution in [1.82, 2.24) is 4.31 Å². The number of carbonyl (C=O) groups excluding carboxylic acids is 1. The first kappa shape index (κ1) is 19.0. The number of aryl methyl sites for hydroxylation is 2. The molecule has 2 aliphatic heterocycles. The first-order valence-corrected chi connectivity index (χ1v) is 11.0. The van der Waals surface area contributed by atoms with Gasteiger partial charge in [-0.15, -0.1) is 0 Å². The fraction of sp³-hybridized carbons (Fsp3) is 0.381. The van der Waals surface area contributed by atoms with E-state index in [2.05, 4.69) is 36.2 Å². The number of nitrogens with zero attached hydrogens (tertiary/aromatic N) is 2. The van der Waals surface area contributed by atoms with Crippen LogP contribution in [0, 0.1) is 13.8 Å². The third-order valence-corrected chi connectivity index (χ3v) is 7.66. The predicted octanol–water partition coefficient (Wildman–Crippen LogP) is 2.70. The first-order valence-electron chi connectivity index (χ1n) is 9.60. The zero-order valence-electron chi connectivity index (χ0n) is 16.2. The van der Waals surface area contributed by atoms with Gasteiger partial charge in [-0.25, -0.2) is 8.42 Å². The van der Waals surface area contributed by atoms with Gasteiger partial charge in [0.1, 0.15) is 0 Å². The lowest BCUT2D eigenvalue weighted by atomic mass is 10.0.